The molecule has 2 heterocycles. The molecule has 5 nitrogen and oxygen atoms in total. The highest BCUT2D eigenvalue weighted by Crippen LogP contribution is 2.23. The van der Waals surface area contributed by atoms with Gasteiger partial charge in [0.25, 0.3) is 0 Å². The number of benzene rings is 1. The highest BCUT2D eigenvalue weighted by molar-refractivity contribution is 5.92. The normalized spacial score (nSPS) is 15.2. The molecule has 2 aromatic rings. The molecule has 0 radical (unpaired) electrons. The zero-order chi connectivity index (χ0) is 16.7. The number of aromatic carboxylic acids is 1. The minimum Gasteiger partial charge on any atom is -0.477 e. The molecule has 1 N–H and O–H groups in total. The molecule has 0 unspecified atom stereocenters. The van der Waals surface area contributed by atoms with Gasteiger partial charge in [-0.15, -0.1) is 0 Å². The van der Waals surface area contributed by atoms with Gasteiger partial charge in [0.1, 0.15) is 11.1 Å². The van der Waals surface area contributed by atoms with Crippen molar-refractivity contribution in [3.8, 4) is 0 Å². The van der Waals surface area contributed by atoms with E-state index in [1.165, 1.54) is 0 Å². The molecule has 1 aromatic carbocycles. The molecule has 122 valence electrons. The van der Waals surface area contributed by atoms with Gasteiger partial charge in [-0.1, -0.05) is 0 Å². The first-order valence-electron chi connectivity index (χ1n) is 7.13. The molecule has 1 saturated heterocycles. The molecule has 23 heavy (non-hydrogen) atoms. The number of carboxylic acids is 1. The Morgan fingerprint density at radius 2 is 1.74 bits per heavy atom. The minimum atomic E-state index is -1.69. The van der Waals surface area contributed by atoms with Gasteiger partial charge in [0.15, 0.2) is 17.5 Å². The van der Waals surface area contributed by atoms with Gasteiger partial charge in [0, 0.05) is 19.3 Å². The highest BCUT2D eigenvalue weighted by Gasteiger charge is 2.24. The average molecular weight is 326 g/mol. The summed E-state index contributed by atoms with van der Waals surface area (Å²) in [6, 6.07) is 0.545. The molecule has 1 fully saturated rings. The Labute approximate surface area is 128 Å². The van der Waals surface area contributed by atoms with Gasteiger partial charge < -0.3 is 10.1 Å². The van der Waals surface area contributed by atoms with E-state index in [-0.39, 0.29) is 0 Å². The first-order chi connectivity index (χ1) is 10.9. The fourth-order valence-corrected chi connectivity index (χ4v) is 2.84. The Morgan fingerprint density at radius 1 is 1.09 bits per heavy atom. The van der Waals surface area contributed by atoms with Crippen molar-refractivity contribution in [2.24, 2.45) is 0 Å². The number of hydrogen-bond acceptors (Lipinski definition) is 3. The second-order valence-corrected chi connectivity index (χ2v) is 5.42. The highest BCUT2D eigenvalue weighted by atomic mass is 19.2. The summed E-state index contributed by atoms with van der Waals surface area (Å²) in [6.07, 6.45) is 3.52. The fourth-order valence-electron chi connectivity index (χ4n) is 2.84. The number of halogens is 3. The fraction of sp³-hybridized carbons (Fsp3) is 0.333. The molecule has 1 aliphatic rings. The maximum Gasteiger partial charge on any atom is 0.341 e. The lowest BCUT2D eigenvalue weighted by molar-refractivity contribution is 0.0694. The molecule has 3 rings (SSSR count). The van der Waals surface area contributed by atoms with Crippen LogP contribution in [0.5, 0.6) is 0 Å². The van der Waals surface area contributed by atoms with Crippen molar-refractivity contribution < 1.29 is 23.1 Å². The Bertz CT molecular complexity index is 857. The van der Waals surface area contributed by atoms with Crippen LogP contribution in [0.15, 0.2) is 17.1 Å². The van der Waals surface area contributed by atoms with Crippen LogP contribution in [0.2, 0.25) is 0 Å². The second-order valence-electron chi connectivity index (χ2n) is 5.42. The van der Waals surface area contributed by atoms with Crippen molar-refractivity contribution in [2.75, 3.05) is 18.1 Å². The van der Waals surface area contributed by atoms with E-state index < -0.39 is 45.3 Å². The smallest absolute Gasteiger partial charge is 0.341 e. The van der Waals surface area contributed by atoms with Gasteiger partial charge in [0.05, 0.1) is 5.39 Å². The van der Waals surface area contributed by atoms with E-state index in [4.69, 9.17) is 5.11 Å². The van der Waals surface area contributed by atoms with Crippen LogP contribution in [0.25, 0.3) is 10.9 Å². The molecule has 0 aliphatic carbocycles. The van der Waals surface area contributed by atoms with Crippen molar-refractivity contribution in [3.05, 3.63) is 45.5 Å². The second kappa shape index (κ2) is 5.60. The van der Waals surface area contributed by atoms with Crippen LogP contribution in [0.1, 0.15) is 29.6 Å². The summed E-state index contributed by atoms with van der Waals surface area (Å²) in [6.45, 7) is 0.991. The molecule has 8 heteroatoms. The number of piperidine rings is 1. The molecular formula is C15H13F3N2O3. The van der Waals surface area contributed by atoms with Crippen molar-refractivity contribution in [1.82, 2.24) is 4.68 Å². The predicted octanol–water partition coefficient (Wildman–Crippen LogP) is 2.24. The van der Waals surface area contributed by atoms with Crippen molar-refractivity contribution in [2.45, 2.75) is 19.3 Å². The van der Waals surface area contributed by atoms with Gasteiger partial charge in [-0.25, -0.2) is 18.0 Å². The number of nitrogens with zero attached hydrogens (tertiary/aromatic N) is 2. The average Bonchev–Trinajstić information content (AvgIpc) is 2.54. The third-order valence-electron chi connectivity index (χ3n) is 3.97. The number of pyridine rings is 1. The summed E-state index contributed by atoms with van der Waals surface area (Å²) < 4.78 is 42.4. The summed E-state index contributed by atoms with van der Waals surface area (Å²) in [5.41, 5.74) is -2.10. The third-order valence-corrected chi connectivity index (χ3v) is 3.97. The summed E-state index contributed by atoms with van der Waals surface area (Å²) in [5, 5.41) is 10.3. The van der Waals surface area contributed by atoms with Crippen molar-refractivity contribution >= 4 is 16.9 Å². The largest absolute Gasteiger partial charge is 0.477 e. The Kier molecular flexibility index (Phi) is 3.75. The lowest BCUT2D eigenvalue weighted by Gasteiger charge is -2.32. The maximum absolute atomic E-state index is 14.2. The van der Waals surface area contributed by atoms with Crippen LogP contribution >= 0.6 is 0 Å². The minimum absolute atomic E-state index is 0.444. The van der Waals surface area contributed by atoms with Gasteiger partial charge in [-0.2, -0.15) is 0 Å². The Morgan fingerprint density at radius 3 is 2.35 bits per heavy atom. The monoisotopic (exact) mass is 326 g/mol. The van der Waals surface area contributed by atoms with E-state index in [2.05, 4.69) is 0 Å². The summed E-state index contributed by atoms with van der Waals surface area (Å²) >= 11 is 0. The number of carbonyl (C=O) groups is 1. The SMILES string of the molecule is O=C(O)c1cn(N2CCCCC2)c2c(F)c(F)c(F)cc2c1=O. The van der Waals surface area contributed by atoms with Crippen LogP contribution in [-0.4, -0.2) is 28.8 Å². The standard InChI is InChI=1S/C15H13F3N2O3/c16-10-6-8-13(12(18)11(10)17)20(19-4-2-1-3-5-19)7-9(14(8)21)15(22)23/h6-7H,1-5H2,(H,22,23). The van der Waals surface area contributed by atoms with E-state index >= 15 is 0 Å². The topological polar surface area (TPSA) is 62.5 Å². The first kappa shape index (κ1) is 15.4. The van der Waals surface area contributed by atoms with Crippen LogP contribution in [0.4, 0.5) is 13.2 Å². The number of carboxylic acid groups (broad SMARTS) is 1. The van der Waals surface area contributed by atoms with E-state index in [0.29, 0.717) is 19.2 Å². The summed E-state index contributed by atoms with van der Waals surface area (Å²) in [7, 11) is 0. The molecular weight excluding hydrogens is 313 g/mol. The molecule has 0 saturated carbocycles. The van der Waals surface area contributed by atoms with Gasteiger partial charge in [0.2, 0.25) is 5.43 Å². The lowest BCUT2D eigenvalue weighted by atomic mass is 10.1. The van der Waals surface area contributed by atoms with Crippen LogP contribution in [0, 0.1) is 17.5 Å². The molecule has 1 aromatic heterocycles. The molecule has 0 bridgehead atoms. The number of rotatable bonds is 2. The van der Waals surface area contributed by atoms with Gasteiger partial charge in [-0.3, -0.25) is 9.47 Å². The van der Waals surface area contributed by atoms with Crippen molar-refractivity contribution in [1.29, 1.82) is 0 Å². The number of fused-ring (bicyclic) bond motifs is 1. The van der Waals surface area contributed by atoms with E-state index in [0.717, 1.165) is 30.1 Å². The zero-order valence-corrected chi connectivity index (χ0v) is 12.0. The molecule has 0 spiro atoms. The van der Waals surface area contributed by atoms with E-state index in [1.807, 2.05) is 0 Å². The predicted molar refractivity (Wildman–Crippen MR) is 76.8 cm³/mol. The van der Waals surface area contributed by atoms with E-state index in [1.54, 1.807) is 5.01 Å². The molecule has 0 atom stereocenters. The summed E-state index contributed by atoms with van der Waals surface area (Å²) in [5.74, 6) is -6.22. The Hall–Kier alpha value is -2.51. The first-order valence-corrected chi connectivity index (χ1v) is 7.13. The summed E-state index contributed by atoms with van der Waals surface area (Å²) in [4.78, 5) is 23.4. The Balaban J connectivity index is 2.40. The third kappa shape index (κ3) is 2.43. The number of aromatic nitrogens is 1. The van der Waals surface area contributed by atoms with Gasteiger partial charge in [-0.05, 0) is 25.3 Å². The van der Waals surface area contributed by atoms with Crippen LogP contribution < -0.4 is 10.4 Å². The molecule has 1 aliphatic heterocycles. The quantitative estimate of drug-likeness (QED) is 0.860. The zero-order valence-electron chi connectivity index (χ0n) is 12.0. The van der Waals surface area contributed by atoms with Gasteiger partial charge >= 0.3 is 5.97 Å². The lowest BCUT2D eigenvalue weighted by Crippen LogP contribution is -2.41. The van der Waals surface area contributed by atoms with Crippen LogP contribution in [-0.2, 0) is 0 Å². The molecule has 0 amide bonds. The van der Waals surface area contributed by atoms with E-state index in [9.17, 15) is 22.8 Å². The number of hydrogen-bond donors (Lipinski definition) is 1. The van der Waals surface area contributed by atoms with Crippen molar-refractivity contribution in [3.63, 3.8) is 0 Å². The maximum atomic E-state index is 14.2. The van der Waals surface area contributed by atoms with Crippen LogP contribution in [0.3, 0.4) is 0 Å².